The highest BCUT2D eigenvalue weighted by Crippen LogP contribution is 2.36. The van der Waals surface area contributed by atoms with E-state index in [0.29, 0.717) is 6.04 Å². The highest BCUT2D eigenvalue weighted by atomic mass is 16.6. The molecule has 0 N–H and O–H groups in total. The quantitative estimate of drug-likeness (QED) is 0.337. The second-order valence-electron chi connectivity index (χ2n) is 2.98. The zero-order chi connectivity index (χ0) is 5.61. The molecule has 0 radical (unpaired) electrons. The molecular formula is C6H11NO. The largest absolute Gasteiger partial charge is 0.633 e. The lowest BCUT2D eigenvalue weighted by atomic mass is 10.0. The second-order valence-corrected chi connectivity index (χ2v) is 2.98. The molecule has 0 aromatic carbocycles. The maximum atomic E-state index is 11.3. The van der Waals surface area contributed by atoms with Crippen molar-refractivity contribution in [2.45, 2.75) is 25.3 Å². The summed E-state index contributed by atoms with van der Waals surface area (Å²) < 4.78 is 0.167. The van der Waals surface area contributed by atoms with E-state index in [0.717, 1.165) is 13.1 Å². The Labute approximate surface area is 49.3 Å². The van der Waals surface area contributed by atoms with Gasteiger partial charge in [0.25, 0.3) is 0 Å². The predicted molar refractivity (Wildman–Crippen MR) is 31.0 cm³/mol. The summed E-state index contributed by atoms with van der Waals surface area (Å²) in [5.41, 5.74) is 0. The Balaban J connectivity index is 2.14. The minimum atomic E-state index is 0.167. The molecule has 2 heteroatoms. The van der Waals surface area contributed by atoms with E-state index in [-0.39, 0.29) is 4.65 Å². The fourth-order valence-corrected chi connectivity index (χ4v) is 1.87. The third kappa shape index (κ3) is 0.400. The molecule has 2 atom stereocenters. The van der Waals surface area contributed by atoms with Crippen molar-refractivity contribution in [1.82, 2.24) is 0 Å². The van der Waals surface area contributed by atoms with Crippen molar-refractivity contribution >= 4 is 0 Å². The van der Waals surface area contributed by atoms with Gasteiger partial charge in [-0.2, -0.15) is 0 Å². The van der Waals surface area contributed by atoms with E-state index in [4.69, 9.17) is 0 Å². The Morgan fingerprint density at radius 2 is 2.12 bits per heavy atom. The van der Waals surface area contributed by atoms with Crippen LogP contribution < -0.4 is 0 Å². The Kier molecular flexibility index (Phi) is 0.746. The van der Waals surface area contributed by atoms with E-state index in [1.54, 1.807) is 0 Å². The summed E-state index contributed by atoms with van der Waals surface area (Å²) in [6.07, 6.45) is 3.57. The van der Waals surface area contributed by atoms with Gasteiger partial charge in [-0.3, -0.25) is 0 Å². The zero-order valence-electron chi connectivity index (χ0n) is 4.97. The van der Waals surface area contributed by atoms with E-state index in [9.17, 15) is 5.21 Å². The average molecular weight is 113 g/mol. The Bertz CT molecular complexity index is 115. The molecule has 2 unspecified atom stereocenters. The molecule has 2 saturated heterocycles. The topological polar surface area (TPSA) is 23.1 Å². The number of hydrogen-bond acceptors (Lipinski definition) is 1. The molecule has 46 valence electrons. The van der Waals surface area contributed by atoms with Gasteiger partial charge in [-0.1, -0.05) is 0 Å². The van der Waals surface area contributed by atoms with Gasteiger partial charge in [0.1, 0.15) is 0 Å². The fourth-order valence-electron chi connectivity index (χ4n) is 1.87. The Morgan fingerprint density at radius 1 is 1.25 bits per heavy atom. The third-order valence-electron chi connectivity index (χ3n) is 2.58. The van der Waals surface area contributed by atoms with Crippen LogP contribution in [0.4, 0.5) is 0 Å². The van der Waals surface area contributed by atoms with Crippen LogP contribution in [0, 0.1) is 5.21 Å². The first-order valence-electron chi connectivity index (χ1n) is 3.39. The summed E-state index contributed by atoms with van der Waals surface area (Å²) in [7, 11) is 0. The second kappa shape index (κ2) is 1.25. The van der Waals surface area contributed by atoms with Crippen LogP contribution in [0.5, 0.6) is 0 Å². The van der Waals surface area contributed by atoms with E-state index in [1.807, 2.05) is 0 Å². The Morgan fingerprint density at radius 3 is 2.38 bits per heavy atom. The molecular weight excluding hydrogens is 102 g/mol. The molecule has 0 aromatic heterocycles. The summed E-state index contributed by atoms with van der Waals surface area (Å²) in [6, 6.07) is 0.523. The fraction of sp³-hybridized carbons (Fsp3) is 1.00. The molecule has 0 aliphatic carbocycles. The summed E-state index contributed by atoms with van der Waals surface area (Å²) in [5.74, 6) is 0. The van der Waals surface area contributed by atoms with Gasteiger partial charge < -0.3 is 9.85 Å². The third-order valence-corrected chi connectivity index (χ3v) is 2.58. The van der Waals surface area contributed by atoms with Crippen LogP contribution in [-0.4, -0.2) is 23.8 Å². The maximum absolute atomic E-state index is 11.3. The molecule has 2 aliphatic heterocycles. The molecule has 0 amide bonds. The monoisotopic (exact) mass is 113 g/mol. The van der Waals surface area contributed by atoms with Crippen molar-refractivity contribution in [2.24, 2.45) is 0 Å². The van der Waals surface area contributed by atoms with Gasteiger partial charge in [0.15, 0.2) is 0 Å². The minimum absolute atomic E-state index is 0.167. The van der Waals surface area contributed by atoms with Crippen LogP contribution in [0.25, 0.3) is 0 Å². The standard InChI is InChI=1S/C6H11NO/c8-7-4-1-2-6(7)3-5-7/h6H,1-5H2. The van der Waals surface area contributed by atoms with Crippen LogP contribution >= 0.6 is 0 Å². The molecule has 8 heavy (non-hydrogen) atoms. The van der Waals surface area contributed by atoms with Crippen molar-refractivity contribution < 1.29 is 4.65 Å². The first-order chi connectivity index (χ1) is 3.81. The molecule has 2 heterocycles. The lowest BCUT2D eigenvalue weighted by molar-refractivity contribution is -0.932. The number of hydrogen-bond donors (Lipinski definition) is 0. The summed E-state index contributed by atoms with van der Waals surface area (Å²) in [4.78, 5) is 0. The van der Waals surface area contributed by atoms with Crippen LogP contribution in [0.2, 0.25) is 0 Å². The summed E-state index contributed by atoms with van der Waals surface area (Å²) in [5, 5.41) is 11.3. The van der Waals surface area contributed by atoms with E-state index in [1.165, 1.54) is 19.3 Å². The number of rotatable bonds is 0. The van der Waals surface area contributed by atoms with Gasteiger partial charge in [-0.25, -0.2) is 0 Å². The number of quaternary nitrogens is 1. The Hall–Kier alpha value is -0.0800. The van der Waals surface area contributed by atoms with Crippen molar-refractivity contribution in [3.8, 4) is 0 Å². The molecule has 2 fully saturated rings. The lowest BCUT2D eigenvalue weighted by Crippen LogP contribution is -2.56. The predicted octanol–water partition coefficient (Wildman–Crippen LogP) is 0.867. The highest BCUT2D eigenvalue weighted by molar-refractivity contribution is 4.76. The molecule has 0 saturated carbocycles. The SMILES string of the molecule is [O-][N+]12CCCC1CC2. The summed E-state index contributed by atoms with van der Waals surface area (Å²) >= 11 is 0. The number of hydroxylamine groups is 3. The van der Waals surface area contributed by atoms with Gasteiger partial charge >= 0.3 is 0 Å². The van der Waals surface area contributed by atoms with Gasteiger partial charge in [-0.15, -0.1) is 0 Å². The summed E-state index contributed by atoms with van der Waals surface area (Å²) in [6.45, 7) is 1.81. The molecule has 2 nitrogen and oxygen atoms in total. The van der Waals surface area contributed by atoms with E-state index >= 15 is 0 Å². The van der Waals surface area contributed by atoms with Crippen molar-refractivity contribution in [3.63, 3.8) is 0 Å². The van der Waals surface area contributed by atoms with Gasteiger partial charge in [-0.05, 0) is 0 Å². The average Bonchev–Trinajstić information content (AvgIpc) is 1.94. The van der Waals surface area contributed by atoms with Crippen LogP contribution in [-0.2, 0) is 0 Å². The molecule has 2 aliphatic rings. The molecule has 0 bridgehead atoms. The molecule has 0 spiro atoms. The van der Waals surface area contributed by atoms with Gasteiger partial charge in [0.05, 0.1) is 19.1 Å². The van der Waals surface area contributed by atoms with E-state index < -0.39 is 0 Å². The number of fused-ring (bicyclic) bond motifs is 1. The van der Waals surface area contributed by atoms with Crippen LogP contribution in [0.1, 0.15) is 19.3 Å². The van der Waals surface area contributed by atoms with Crippen molar-refractivity contribution in [1.29, 1.82) is 0 Å². The molecule has 0 aromatic rings. The zero-order valence-corrected chi connectivity index (χ0v) is 4.97. The molecule has 2 rings (SSSR count). The maximum Gasteiger partial charge on any atom is 0.0944 e. The smallest absolute Gasteiger partial charge is 0.0944 e. The van der Waals surface area contributed by atoms with Crippen LogP contribution in [0.15, 0.2) is 0 Å². The van der Waals surface area contributed by atoms with Crippen molar-refractivity contribution in [3.05, 3.63) is 5.21 Å². The highest BCUT2D eigenvalue weighted by Gasteiger charge is 2.42. The van der Waals surface area contributed by atoms with Crippen LogP contribution in [0.3, 0.4) is 0 Å². The van der Waals surface area contributed by atoms with Gasteiger partial charge in [0, 0.05) is 19.3 Å². The number of nitrogens with zero attached hydrogens (tertiary/aromatic N) is 1. The normalized spacial score (nSPS) is 52.9. The minimum Gasteiger partial charge on any atom is -0.633 e. The first-order valence-corrected chi connectivity index (χ1v) is 3.39. The lowest BCUT2D eigenvalue weighted by Gasteiger charge is -2.52. The van der Waals surface area contributed by atoms with Gasteiger partial charge in [0.2, 0.25) is 0 Å². The van der Waals surface area contributed by atoms with E-state index in [2.05, 4.69) is 0 Å². The van der Waals surface area contributed by atoms with Crippen molar-refractivity contribution in [2.75, 3.05) is 13.1 Å². The first kappa shape index (κ1) is 4.77.